The van der Waals surface area contributed by atoms with E-state index in [0.717, 1.165) is 11.1 Å². The number of halogens is 2. The quantitative estimate of drug-likeness (QED) is 0.882. The normalized spacial score (nSPS) is 12.0. The summed E-state index contributed by atoms with van der Waals surface area (Å²) in [6.07, 6.45) is 0. The zero-order valence-corrected chi connectivity index (χ0v) is 13.2. The topological polar surface area (TPSA) is 41.1 Å². The summed E-state index contributed by atoms with van der Waals surface area (Å²) in [6, 6.07) is 11.7. The van der Waals surface area contributed by atoms with Crippen LogP contribution in [0, 0.1) is 5.82 Å². The number of carbonyl (C=O) groups is 1. The van der Waals surface area contributed by atoms with E-state index in [2.05, 4.69) is 10.6 Å². The Morgan fingerprint density at radius 2 is 2.05 bits per heavy atom. The molecule has 116 valence electrons. The number of amides is 1. The third kappa shape index (κ3) is 4.06. The zero-order valence-electron chi connectivity index (χ0n) is 12.5. The van der Waals surface area contributed by atoms with Crippen molar-refractivity contribution in [2.24, 2.45) is 0 Å². The fourth-order valence-corrected chi connectivity index (χ4v) is 2.53. The van der Waals surface area contributed by atoms with Gasteiger partial charge in [0.15, 0.2) is 0 Å². The van der Waals surface area contributed by atoms with Gasteiger partial charge in [0.1, 0.15) is 5.82 Å². The first-order valence-electron chi connectivity index (χ1n) is 7.00. The molecule has 0 unspecified atom stereocenters. The molecule has 1 atom stereocenters. The molecule has 0 bridgehead atoms. The second-order valence-corrected chi connectivity index (χ2v) is 5.46. The first kappa shape index (κ1) is 16.5. The smallest absolute Gasteiger partial charge is 0.251 e. The fourth-order valence-electron chi connectivity index (χ4n) is 2.20. The van der Waals surface area contributed by atoms with Crippen molar-refractivity contribution in [3.8, 4) is 0 Å². The Hall–Kier alpha value is -1.91. The summed E-state index contributed by atoms with van der Waals surface area (Å²) in [5.41, 5.74) is 2.45. The average molecular weight is 321 g/mol. The average Bonchev–Trinajstić information content (AvgIpc) is 2.52. The van der Waals surface area contributed by atoms with Gasteiger partial charge in [-0.2, -0.15) is 0 Å². The molecule has 0 saturated heterocycles. The molecule has 0 saturated carbocycles. The molecular formula is C17H18ClFN2O. The minimum Gasteiger partial charge on any atom is -0.355 e. The fraction of sp³-hybridized carbons (Fsp3) is 0.235. The summed E-state index contributed by atoms with van der Waals surface area (Å²) in [5, 5.41) is 6.32. The summed E-state index contributed by atoms with van der Waals surface area (Å²) in [5.74, 6) is -0.462. The highest BCUT2D eigenvalue weighted by Crippen LogP contribution is 2.24. The monoisotopic (exact) mass is 320 g/mol. The van der Waals surface area contributed by atoms with E-state index in [0.29, 0.717) is 17.1 Å². The molecule has 5 heteroatoms. The molecule has 2 aromatic rings. The van der Waals surface area contributed by atoms with Gasteiger partial charge in [-0.15, -0.1) is 0 Å². The molecule has 0 aromatic heterocycles. The second-order valence-electron chi connectivity index (χ2n) is 5.05. The number of hydrogen-bond donors (Lipinski definition) is 2. The van der Waals surface area contributed by atoms with E-state index in [4.69, 9.17) is 11.6 Å². The molecule has 0 radical (unpaired) electrons. The highest BCUT2D eigenvalue weighted by Gasteiger charge is 2.10. The molecule has 2 aromatic carbocycles. The number of hydrogen-bond acceptors (Lipinski definition) is 2. The van der Waals surface area contributed by atoms with Crippen molar-refractivity contribution in [3.63, 3.8) is 0 Å². The molecule has 3 nitrogen and oxygen atoms in total. The molecule has 0 fully saturated rings. The van der Waals surface area contributed by atoms with Crippen LogP contribution in [0.25, 0.3) is 0 Å². The SMILES string of the molecule is CNC(=O)c1cccc(CN[C@H](C)c2ccc(F)cc2Cl)c1. The van der Waals surface area contributed by atoms with Crippen LogP contribution in [-0.4, -0.2) is 13.0 Å². The minimum absolute atomic E-state index is 0.0308. The van der Waals surface area contributed by atoms with Crippen molar-refractivity contribution in [3.05, 3.63) is 70.0 Å². The van der Waals surface area contributed by atoms with Crippen LogP contribution in [0.4, 0.5) is 4.39 Å². The molecule has 0 spiro atoms. The summed E-state index contributed by atoms with van der Waals surface area (Å²) in [7, 11) is 1.60. The lowest BCUT2D eigenvalue weighted by atomic mass is 10.1. The van der Waals surface area contributed by atoms with Gasteiger partial charge in [0, 0.05) is 30.2 Å². The summed E-state index contributed by atoms with van der Waals surface area (Å²) < 4.78 is 13.1. The molecule has 0 heterocycles. The van der Waals surface area contributed by atoms with Gasteiger partial charge in [-0.05, 0) is 42.3 Å². The van der Waals surface area contributed by atoms with Gasteiger partial charge in [0.25, 0.3) is 5.91 Å². The minimum atomic E-state index is -0.348. The standard InChI is InChI=1S/C17H18ClFN2O/c1-11(15-7-6-14(19)9-16(15)18)21-10-12-4-3-5-13(8-12)17(22)20-2/h3-9,11,21H,10H2,1-2H3,(H,20,22)/t11-/m1/s1. The van der Waals surface area contributed by atoms with Crippen molar-refractivity contribution in [2.75, 3.05) is 7.05 Å². The third-order valence-corrected chi connectivity index (χ3v) is 3.78. The van der Waals surface area contributed by atoms with Gasteiger partial charge in [0.2, 0.25) is 0 Å². The van der Waals surface area contributed by atoms with Crippen LogP contribution < -0.4 is 10.6 Å². The lowest BCUT2D eigenvalue weighted by Gasteiger charge is -2.16. The van der Waals surface area contributed by atoms with Crippen molar-refractivity contribution in [1.82, 2.24) is 10.6 Å². The lowest BCUT2D eigenvalue weighted by Crippen LogP contribution is -2.20. The maximum atomic E-state index is 13.1. The molecule has 22 heavy (non-hydrogen) atoms. The van der Waals surface area contributed by atoms with Crippen LogP contribution in [0.5, 0.6) is 0 Å². The predicted octanol–water partition coefficient (Wildman–Crippen LogP) is 3.69. The number of carbonyl (C=O) groups excluding carboxylic acids is 1. The maximum absolute atomic E-state index is 13.1. The number of nitrogens with one attached hydrogen (secondary N) is 2. The molecular weight excluding hydrogens is 303 g/mol. The van der Waals surface area contributed by atoms with E-state index in [1.807, 2.05) is 25.1 Å². The number of benzene rings is 2. The van der Waals surface area contributed by atoms with Gasteiger partial charge in [-0.25, -0.2) is 4.39 Å². The maximum Gasteiger partial charge on any atom is 0.251 e. The van der Waals surface area contributed by atoms with Gasteiger partial charge in [-0.3, -0.25) is 4.79 Å². The summed E-state index contributed by atoms with van der Waals surface area (Å²) in [4.78, 5) is 11.6. The van der Waals surface area contributed by atoms with Gasteiger partial charge in [-0.1, -0.05) is 29.8 Å². The van der Waals surface area contributed by atoms with Crippen LogP contribution in [0.15, 0.2) is 42.5 Å². The highest BCUT2D eigenvalue weighted by molar-refractivity contribution is 6.31. The van der Waals surface area contributed by atoms with E-state index in [-0.39, 0.29) is 17.8 Å². The van der Waals surface area contributed by atoms with Crippen LogP contribution in [0.1, 0.15) is 34.5 Å². The van der Waals surface area contributed by atoms with Crippen LogP contribution in [0.3, 0.4) is 0 Å². The molecule has 1 amide bonds. The Balaban J connectivity index is 2.04. The Kier molecular flexibility index (Phi) is 5.52. The van der Waals surface area contributed by atoms with Crippen molar-refractivity contribution < 1.29 is 9.18 Å². The zero-order chi connectivity index (χ0) is 16.1. The Labute approximate surface area is 134 Å². The van der Waals surface area contributed by atoms with Gasteiger partial charge >= 0.3 is 0 Å². The van der Waals surface area contributed by atoms with Gasteiger partial charge in [0.05, 0.1) is 0 Å². The Morgan fingerprint density at radius 1 is 1.27 bits per heavy atom. The Morgan fingerprint density at radius 3 is 2.73 bits per heavy atom. The van der Waals surface area contributed by atoms with Crippen LogP contribution >= 0.6 is 11.6 Å². The van der Waals surface area contributed by atoms with Crippen molar-refractivity contribution in [2.45, 2.75) is 19.5 Å². The van der Waals surface area contributed by atoms with E-state index < -0.39 is 0 Å². The van der Waals surface area contributed by atoms with E-state index >= 15 is 0 Å². The Bertz CT molecular complexity index is 675. The van der Waals surface area contributed by atoms with Crippen molar-refractivity contribution in [1.29, 1.82) is 0 Å². The first-order chi connectivity index (χ1) is 10.5. The highest BCUT2D eigenvalue weighted by atomic mass is 35.5. The second kappa shape index (κ2) is 7.38. The van der Waals surface area contributed by atoms with E-state index in [9.17, 15) is 9.18 Å². The summed E-state index contributed by atoms with van der Waals surface area (Å²) >= 11 is 6.06. The molecule has 0 aliphatic carbocycles. The van der Waals surface area contributed by atoms with Crippen LogP contribution in [0.2, 0.25) is 5.02 Å². The number of rotatable bonds is 5. The van der Waals surface area contributed by atoms with E-state index in [1.54, 1.807) is 19.2 Å². The summed E-state index contributed by atoms with van der Waals surface area (Å²) in [6.45, 7) is 2.54. The largest absolute Gasteiger partial charge is 0.355 e. The van der Waals surface area contributed by atoms with E-state index in [1.165, 1.54) is 12.1 Å². The molecule has 0 aliphatic rings. The predicted molar refractivity (Wildman–Crippen MR) is 86.5 cm³/mol. The van der Waals surface area contributed by atoms with Crippen molar-refractivity contribution >= 4 is 17.5 Å². The van der Waals surface area contributed by atoms with Crippen LogP contribution in [-0.2, 0) is 6.54 Å². The molecule has 0 aliphatic heterocycles. The van der Waals surface area contributed by atoms with Gasteiger partial charge < -0.3 is 10.6 Å². The molecule has 2 rings (SSSR count). The first-order valence-corrected chi connectivity index (χ1v) is 7.38. The molecule has 2 N–H and O–H groups in total. The lowest BCUT2D eigenvalue weighted by molar-refractivity contribution is 0.0963. The third-order valence-electron chi connectivity index (χ3n) is 3.46.